The summed E-state index contributed by atoms with van der Waals surface area (Å²) in [4.78, 5) is 12.1. The number of ether oxygens (including phenoxy) is 2. The third kappa shape index (κ3) is 5.98. The van der Waals surface area contributed by atoms with Gasteiger partial charge in [0.15, 0.2) is 11.5 Å². The van der Waals surface area contributed by atoms with Crippen LogP contribution in [-0.4, -0.2) is 35.9 Å². The Kier molecular flexibility index (Phi) is 7.66. The molecule has 0 aliphatic rings. The van der Waals surface area contributed by atoms with Gasteiger partial charge in [-0.2, -0.15) is 5.10 Å². The first-order chi connectivity index (χ1) is 14.7. The van der Waals surface area contributed by atoms with Crippen LogP contribution in [0.5, 0.6) is 11.5 Å². The van der Waals surface area contributed by atoms with Crippen LogP contribution in [0.4, 0.5) is 0 Å². The number of nitrogens with zero attached hydrogens (tertiary/aromatic N) is 2. The first-order valence-electron chi connectivity index (χ1n) is 10.1. The maximum atomic E-state index is 12.1. The lowest BCUT2D eigenvalue weighted by Crippen LogP contribution is -2.23. The minimum Gasteiger partial charge on any atom is -0.493 e. The number of aromatic nitrogens is 2. The average molecular weight is 405 g/mol. The van der Waals surface area contributed by atoms with Crippen LogP contribution in [0.15, 0.2) is 67.0 Å². The van der Waals surface area contributed by atoms with Crippen molar-refractivity contribution in [2.24, 2.45) is 0 Å². The highest BCUT2D eigenvalue weighted by molar-refractivity contribution is 5.91. The van der Waals surface area contributed by atoms with Gasteiger partial charge in [0.25, 0.3) is 0 Å². The van der Waals surface area contributed by atoms with Crippen LogP contribution in [0.25, 0.3) is 11.8 Å². The van der Waals surface area contributed by atoms with Crippen LogP contribution >= 0.6 is 0 Å². The van der Waals surface area contributed by atoms with Crippen LogP contribution in [-0.2, 0) is 11.2 Å². The van der Waals surface area contributed by atoms with E-state index >= 15 is 0 Å². The first-order valence-corrected chi connectivity index (χ1v) is 10.1. The molecular formula is C24H27N3O3. The number of nitrogens with one attached hydrogen (secondary N) is 1. The zero-order chi connectivity index (χ0) is 21.2. The molecule has 6 nitrogen and oxygen atoms in total. The Morgan fingerprint density at radius 1 is 1.17 bits per heavy atom. The summed E-state index contributed by atoms with van der Waals surface area (Å²) in [5.74, 6) is 1.23. The maximum absolute atomic E-state index is 12.1. The van der Waals surface area contributed by atoms with Crippen LogP contribution in [0.3, 0.4) is 0 Å². The fraction of sp³-hybridized carbons (Fsp3) is 0.250. The molecule has 0 spiro atoms. The second kappa shape index (κ2) is 10.9. The van der Waals surface area contributed by atoms with Crippen molar-refractivity contribution in [3.05, 3.63) is 78.1 Å². The van der Waals surface area contributed by atoms with E-state index in [-0.39, 0.29) is 5.91 Å². The molecule has 3 aromatic rings. The van der Waals surface area contributed by atoms with Gasteiger partial charge in [-0.05, 0) is 60.4 Å². The topological polar surface area (TPSA) is 65.4 Å². The summed E-state index contributed by atoms with van der Waals surface area (Å²) < 4.78 is 12.8. The molecule has 1 heterocycles. The number of carbonyl (C=O) groups excluding carboxylic acids is 1. The fourth-order valence-electron chi connectivity index (χ4n) is 2.92. The number of hydrogen-bond donors (Lipinski definition) is 1. The monoisotopic (exact) mass is 405 g/mol. The third-order valence-corrected chi connectivity index (χ3v) is 4.49. The van der Waals surface area contributed by atoms with Crippen molar-refractivity contribution < 1.29 is 14.3 Å². The molecule has 0 saturated heterocycles. The largest absolute Gasteiger partial charge is 0.493 e. The summed E-state index contributed by atoms with van der Waals surface area (Å²) in [5.41, 5.74) is 3.04. The summed E-state index contributed by atoms with van der Waals surface area (Å²) in [5, 5.41) is 7.13. The summed E-state index contributed by atoms with van der Waals surface area (Å²) in [6, 6.07) is 15.6. The third-order valence-electron chi connectivity index (χ3n) is 4.49. The van der Waals surface area contributed by atoms with E-state index in [1.165, 1.54) is 6.08 Å². The van der Waals surface area contributed by atoms with Crippen molar-refractivity contribution in [2.75, 3.05) is 20.3 Å². The summed E-state index contributed by atoms with van der Waals surface area (Å²) in [6.45, 7) is 3.26. The molecule has 30 heavy (non-hydrogen) atoms. The zero-order valence-electron chi connectivity index (χ0n) is 17.4. The van der Waals surface area contributed by atoms with Crippen molar-refractivity contribution in [3.8, 4) is 17.2 Å². The predicted octanol–water partition coefficient (Wildman–Crippen LogP) is 4.04. The molecule has 2 aromatic carbocycles. The fourth-order valence-corrected chi connectivity index (χ4v) is 2.92. The quantitative estimate of drug-likeness (QED) is 0.517. The summed E-state index contributed by atoms with van der Waals surface area (Å²) >= 11 is 0. The zero-order valence-corrected chi connectivity index (χ0v) is 17.4. The summed E-state index contributed by atoms with van der Waals surface area (Å²) in [7, 11) is 1.61. The Balaban J connectivity index is 1.48. The van der Waals surface area contributed by atoms with Crippen LogP contribution in [0.2, 0.25) is 0 Å². The molecule has 0 fully saturated rings. The van der Waals surface area contributed by atoms with E-state index in [1.54, 1.807) is 19.4 Å². The van der Waals surface area contributed by atoms with Crippen molar-refractivity contribution in [3.63, 3.8) is 0 Å². The highest BCUT2D eigenvalue weighted by Gasteiger charge is 2.05. The molecule has 6 heteroatoms. The highest BCUT2D eigenvalue weighted by Crippen LogP contribution is 2.28. The molecule has 0 bridgehead atoms. The van der Waals surface area contributed by atoms with Gasteiger partial charge in [-0.15, -0.1) is 0 Å². The van der Waals surface area contributed by atoms with Gasteiger partial charge in [0.05, 0.1) is 19.4 Å². The lowest BCUT2D eigenvalue weighted by atomic mass is 10.1. The van der Waals surface area contributed by atoms with E-state index in [9.17, 15) is 4.79 Å². The van der Waals surface area contributed by atoms with E-state index in [2.05, 4.69) is 17.3 Å². The smallest absolute Gasteiger partial charge is 0.244 e. The van der Waals surface area contributed by atoms with E-state index in [0.29, 0.717) is 24.7 Å². The Morgan fingerprint density at radius 2 is 2.00 bits per heavy atom. The molecule has 1 N–H and O–H groups in total. The molecule has 0 radical (unpaired) electrons. The van der Waals surface area contributed by atoms with Gasteiger partial charge in [0, 0.05) is 25.0 Å². The second-order valence-corrected chi connectivity index (χ2v) is 6.75. The molecule has 0 atom stereocenters. The lowest BCUT2D eigenvalue weighted by molar-refractivity contribution is -0.116. The number of rotatable bonds is 10. The molecule has 156 valence electrons. The van der Waals surface area contributed by atoms with Crippen molar-refractivity contribution in [1.29, 1.82) is 0 Å². The van der Waals surface area contributed by atoms with Crippen molar-refractivity contribution in [2.45, 2.75) is 19.8 Å². The van der Waals surface area contributed by atoms with E-state index < -0.39 is 0 Å². The maximum Gasteiger partial charge on any atom is 0.244 e. The lowest BCUT2D eigenvalue weighted by Gasteiger charge is -2.10. The van der Waals surface area contributed by atoms with Gasteiger partial charge in [-0.3, -0.25) is 4.79 Å². The first kappa shape index (κ1) is 21.2. The van der Waals surface area contributed by atoms with Crippen molar-refractivity contribution in [1.82, 2.24) is 15.1 Å². The van der Waals surface area contributed by atoms with Crippen LogP contribution < -0.4 is 14.8 Å². The number of hydrogen-bond acceptors (Lipinski definition) is 4. The van der Waals surface area contributed by atoms with Crippen LogP contribution in [0, 0.1) is 0 Å². The minimum absolute atomic E-state index is 0.131. The normalized spacial score (nSPS) is 10.9. The Morgan fingerprint density at radius 3 is 2.70 bits per heavy atom. The molecule has 0 aliphatic carbocycles. The second-order valence-electron chi connectivity index (χ2n) is 6.75. The van der Waals surface area contributed by atoms with Gasteiger partial charge in [0.2, 0.25) is 5.91 Å². The van der Waals surface area contributed by atoms with E-state index in [0.717, 1.165) is 29.7 Å². The van der Waals surface area contributed by atoms with Gasteiger partial charge >= 0.3 is 0 Å². The predicted molar refractivity (Wildman–Crippen MR) is 118 cm³/mol. The number of methoxy groups -OCH3 is 1. The summed E-state index contributed by atoms with van der Waals surface area (Å²) in [6.07, 6.45) is 8.64. The van der Waals surface area contributed by atoms with Gasteiger partial charge in [-0.25, -0.2) is 4.68 Å². The number of benzene rings is 2. The molecule has 3 rings (SSSR count). The number of carbonyl (C=O) groups is 1. The molecule has 0 unspecified atom stereocenters. The average Bonchev–Trinajstić information content (AvgIpc) is 3.32. The standard InChI is InChI=1S/C24H27N3O3/c1-3-17-30-22-11-7-20(18-23(22)29-2)8-12-24(28)25-15-13-19-5-9-21(10-6-19)27-16-4-14-26-27/h4-12,14,16,18H,3,13,15,17H2,1-2H3,(H,25,28)/b12-8+. The Labute approximate surface area is 177 Å². The van der Waals surface area contributed by atoms with Gasteiger partial charge in [0.1, 0.15) is 0 Å². The van der Waals surface area contributed by atoms with Crippen LogP contribution in [0.1, 0.15) is 24.5 Å². The van der Waals surface area contributed by atoms with Gasteiger partial charge in [-0.1, -0.05) is 25.1 Å². The molecular weight excluding hydrogens is 378 g/mol. The highest BCUT2D eigenvalue weighted by atomic mass is 16.5. The Hall–Kier alpha value is -3.54. The van der Waals surface area contributed by atoms with E-state index in [1.807, 2.05) is 59.4 Å². The van der Waals surface area contributed by atoms with E-state index in [4.69, 9.17) is 9.47 Å². The Bertz CT molecular complexity index is 964. The molecule has 1 amide bonds. The molecule has 0 aliphatic heterocycles. The molecule has 0 saturated carbocycles. The molecule has 1 aromatic heterocycles. The number of amides is 1. The minimum atomic E-state index is -0.131. The van der Waals surface area contributed by atoms with Gasteiger partial charge < -0.3 is 14.8 Å². The van der Waals surface area contributed by atoms with Crippen molar-refractivity contribution >= 4 is 12.0 Å². The SMILES string of the molecule is CCCOc1ccc(/C=C/C(=O)NCCc2ccc(-n3cccn3)cc2)cc1OC.